The Morgan fingerprint density at radius 2 is 1.42 bits per heavy atom. The van der Waals surface area contributed by atoms with Gasteiger partial charge in [0.2, 0.25) is 0 Å². The Morgan fingerprint density at radius 3 is 1.89 bits per heavy atom. The third kappa shape index (κ3) is 3.72. The van der Waals surface area contributed by atoms with E-state index in [-0.39, 0.29) is 0 Å². The fraction of sp³-hybridized carbons (Fsp3) is 0. The van der Waals surface area contributed by atoms with Crippen molar-refractivity contribution in [1.82, 2.24) is 0 Å². The summed E-state index contributed by atoms with van der Waals surface area (Å²) in [6.07, 6.45) is 4.00. The SMILES string of the molecule is N#Cc1ccc(C=Cc2ccc(N=C=S)cc2)cc1. The van der Waals surface area contributed by atoms with Crippen LogP contribution in [-0.4, -0.2) is 5.16 Å². The fourth-order valence-corrected chi connectivity index (χ4v) is 1.68. The number of hydrogen-bond donors (Lipinski definition) is 0. The third-order valence-corrected chi connectivity index (χ3v) is 2.67. The van der Waals surface area contributed by atoms with Gasteiger partial charge in [-0.3, -0.25) is 0 Å². The first-order valence-electron chi connectivity index (χ1n) is 5.68. The summed E-state index contributed by atoms with van der Waals surface area (Å²) >= 11 is 4.55. The van der Waals surface area contributed by atoms with Crippen molar-refractivity contribution in [2.75, 3.05) is 0 Å². The summed E-state index contributed by atoms with van der Waals surface area (Å²) in [6.45, 7) is 0. The predicted octanol–water partition coefficient (Wildman–Crippen LogP) is 4.46. The molecule has 2 aromatic carbocycles. The summed E-state index contributed by atoms with van der Waals surface area (Å²) < 4.78 is 0. The molecule has 0 aromatic heterocycles. The van der Waals surface area contributed by atoms with Crippen LogP contribution in [0.5, 0.6) is 0 Å². The lowest BCUT2D eigenvalue weighted by molar-refractivity contribution is 1.48. The minimum absolute atomic E-state index is 0.666. The molecule has 0 spiro atoms. The molecule has 2 nitrogen and oxygen atoms in total. The zero-order valence-corrected chi connectivity index (χ0v) is 10.9. The summed E-state index contributed by atoms with van der Waals surface area (Å²) in [5, 5.41) is 11.1. The highest BCUT2D eigenvalue weighted by atomic mass is 32.1. The number of rotatable bonds is 3. The molecule has 2 rings (SSSR count). The molecule has 0 N–H and O–H groups in total. The van der Waals surface area contributed by atoms with Gasteiger partial charge in [0.1, 0.15) is 0 Å². The van der Waals surface area contributed by atoms with E-state index in [9.17, 15) is 0 Å². The van der Waals surface area contributed by atoms with E-state index in [0.717, 1.165) is 16.8 Å². The van der Waals surface area contributed by atoms with E-state index in [0.29, 0.717) is 5.56 Å². The molecule has 0 heterocycles. The summed E-state index contributed by atoms with van der Waals surface area (Å²) in [4.78, 5) is 3.90. The van der Waals surface area contributed by atoms with Gasteiger partial charge in [0.25, 0.3) is 0 Å². The Labute approximate surface area is 117 Å². The molecule has 90 valence electrons. The predicted molar refractivity (Wildman–Crippen MR) is 81.2 cm³/mol. The van der Waals surface area contributed by atoms with Gasteiger partial charge < -0.3 is 0 Å². The minimum atomic E-state index is 0.666. The highest BCUT2D eigenvalue weighted by Crippen LogP contribution is 2.14. The molecule has 0 aliphatic rings. The van der Waals surface area contributed by atoms with E-state index >= 15 is 0 Å². The number of nitriles is 1. The van der Waals surface area contributed by atoms with Crippen molar-refractivity contribution in [1.29, 1.82) is 5.26 Å². The molecule has 0 aliphatic heterocycles. The molecule has 19 heavy (non-hydrogen) atoms. The second kappa shape index (κ2) is 6.42. The summed E-state index contributed by atoms with van der Waals surface area (Å²) in [6, 6.07) is 17.2. The first kappa shape index (κ1) is 12.9. The summed E-state index contributed by atoms with van der Waals surface area (Å²) in [7, 11) is 0. The average Bonchev–Trinajstić information content (AvgIpc) is 2.47. The Balaban J connectivity index is 2.13. The lowest BCUT2D eigenvalue weighted by Crippen LogP contribution is -1.75. The Kier molecular flexibility index (Phi) is 4.36. The van der Waals surface area contributed by atoms with Gasteiger partial charge in [-0.05, 0) is 47.6 Å². The number of thiocarbonyl (C=S) groups is 1. The number of aliphatic imine (C=N–C) groups is 1. The van der Waals surface area contributed by atoms with Gasteiger partial charge in [-0.15, -0.1) is 0 Å². The second-order valence-corrected chi connectivity index (χ2v) is 4.04. The smallest absolute Gasteiger partial charge is 0.0991 e. The van der Waals surface area contributed by atoms with Crippen LogP contribution in [0.3, 0.4) is 0 Å². The van der Waals surface area contributed by atoms with Gasteiger partial charge in [-0.2, -0.15) is 10.3 Å². The number of nitrogens with zero attached hydrogens (tertiary/aromatic N) is 2. The van der Waals surface area contributed by atoms with Crippen LogP contribution in [0, 0.1) is 11.3 Å². The van der Waals surface area contributed by atoms with Crippen LogP contribution >= 0.6 is 12.2 Å². The Hall–Kier alpha value is -2.53. The quantitative estimate of drug-likeness (QED) is 0.465. The summed E-state index contributed by atoms with van der Waals surface area (Å²) in [5.74, 6) is 0. The third-order valence-electron chi connectivity index (χ3n) is 2.58. The lowest BCUT2D eigenvalue weighted by atomic mass is 10.1. The Morgan fingerprint density at radius 1 is 0.895 bits per heavy atom. The van der Waals surface area contributed by atoms with Crippen LogP contribution in [0.2, 0.25) is 0 Å². The normalized spacial score (nSPS) is 9.84. The van der Waals surface area contributed by atoms with Crippen molar-refractivity contribution in [3.8, 4) is 6.07 Å². The fourth-order valence-electron chi connectivity index (χ4n) is 1.57. The second-order valence-electron chi connectivity index (χ2n) is 3.86. The monoisotopic (exact) mass is 262 g/mol. The molecule has 0 unspecified atom stereocenters. The van der Waals surface area contributed by atoms with Gasteiger partial charge in [-0.1, -0.05) is 36.4 Å². The number of benzene rings is 2. The zero-order valence-electron chi connectivity index (χ0n) is 10.1. The van der Waals surface area contributed by atoms with Gasteiger partial charge in [0, 0.05) is 0 Å². The molecular formula is C16H10N2S. The summed E-state index contributed by atoms with van der Waals surface area (Å²) in [5.41, 5.74) is 3.60. The molecular weight excluding hydrogens is 252 g/mol. The topological polar surface area (TPSA) is 36.1 Å². The van der Waals surface area contributed by atoms with E-state index < -0.39 is 0 Å². The lowest BCUT2D eigenvalue weighted by Gasteiger charge is -1.96. The highest BCUT2D eigenvalue weighted by Gasteiger charge is 1.91. The van der Waals surface area contributed by atoms with Crippen molar-refractivity contribution in [3.63, 3.8) is 0 Å². The van der Waals surface area contributed by atoms with E-state index in [2.05, 4.69) is 28.4 Å². The minimum Gasteiger partial charge on any atom is -0.195 e. The van der Waals surface area contributed by atoms with Crippen LogP contribution in [0.1, 0.15) is 16.7 Å². The number of hydrogen-bond acceptors (Lipinski definition) is 3. The van der Waals surface area contributed by atoms with E-state index in [1.54, 1.807) is 12.1 Å². The zero-order chi connectivity index (χ0) is 13.5. The van der Waals surface area contributed by atoms with Crippen LogP contribution in [0.4, 0.5) is 5.69 Å². The molecule has 0 saturated heterocycles. The molecule has 0 aliphatic carbocycles. The average molecular weight is 262 g/mol. The maximum absolute atomic E-state index is 8.72. The van der Waals surface area contributed by atoms with E-state index in [1.807, 2.05) is 48.6 Å². The molecule has 0 fully saturated rings. The molecule has 0 atom stereocenters. The molecule has 3 heteroatoms. The largest absolute Gasteiger partial charge is 0.195 e. The van der Waals surface area contributed by atoms with Crippen molar-refractivity contribution >= 4 is 35.2 Å². The first-order valence-corrected chi connectivity index (χ1v) is 6.09. The van der Waals surface area contributed by atoms with Gasteiger partial charge >= 0.3 is 0 Å². The van der Waals surface area contributed by atoms with Gasteiger partial charge in [0.15, 0.2) is 0 Å². The maximum Gasteiger partial charge on any atom is 0.0991 e. The number of isothiocyanates is 1. The van der Waals surface area contributed by atoms with Crippen LogP contribution in [0.15, 0.2) is 53.5 Å². The van der Waals surface area contributed by atoms with Crippen molar-refractivity contribution < 1.29 is 0 Å². The molecule has 0 bridgehead atoms. The molecule has 0 saturated carbocycles. The van der Waals surface area contributed by atoms with Gasteiger partial charge in [0.05, 0.1) is 22.5 Å². The molecule has 0 radical (unpaired) electrons. The highest BCUT2D eigenvalue weighted by molar-refractivity contribution is 7.78. The van der Waals surface area contributed by atoms with Crippen molar-refractivity contribution in [2.45, 2.75) is 0 Å². The van der Waals surface area contributed by atoms with Crippen LogP contribution in [0.25, 0.3) is 12.2 Å². The van der Waals surface area contributed by atoms with Crippen molar-refractivity contribution in [2.24, 2.45) is 4.99 Å². The van der Waals surface area contributed by atoms with Gasteiger partial charge in [-0.25, -0.2) is 0 Å². The van der Waals surface area contributed by atoms with Crippen LogP contribution in [-0.2, 0) is 0 Å². The molecule has 2 aromatic rings. The van der Waals surface area contributed by atoms with Crippen LogP contribution < -0.4 is 0 Å². The maximum atomic E-state index is 8.72. The van der Waals surface area contributed by atoms with E-state index in [4.69, 9.17) is 5.26 Å². The Bertz CT molecular complexity index is 670. The van der Waals surface area contributed by atoms with E-state index in [1.165, 1.54) is 0 Å². The molecule has 0 amide bonds. The first-order chi connectivity index (χ1) is 9.31. The van der Waals surface area contributed by atoms with Crippen molar-refractivity contribution in [3.05, 3.63) is 65.2 Å². The standard InChI is InChI=1S/C16H10N2S/c17-11-15-5-3-13(4-6-15)1-2-14-7-9-16(10-8-14)18-12-19/h1-10H.